The molecule has 0 unspecified atom stereocenters. The summed E-state index contributed by atoms with van der Waals surface area (Å²) in [5.41, 5.74) is 10.1. The number of phenolic OH excluding ortho intramolecular Hbond substituents is 2. The van der Waals surface area contributed by atoms with Crippen LogP contribution in [-0.4, -0.2) is 193 Å². The summed E-state index contributed by atoms with van der Waals surface area (Å²) in [5, 5.41) is 26.6. The first-order valence-corrected chi connectivity index (χ1v) is 33.9. The first kappa shape index (κ1) is 71.0. The number of rotatable bonds is 23. The average Bonchev–Trinajstić information content (AvgIpc) is 1.09. The summed E-state index contributed by atoms with van der Waals surface area (Å²) in [5.74, 6) is 1.46. The van der Waals surface area contributed by atoms with Crippen molar-refractivity contribution in [2.24, 2.45) is 17.8 Å². The van der Waals surface area contributed by atoms with Gasteiger partial charge in [-0.3, -0.25) is 38.9 Å². The van der Waals surface area contributed by atoms with Crippen LogP contribution in [0.4, 0.5) is 39.5 Å². The van der Waals surface area contributed by atoms with Gasteiger partial charge in [0.2, 0.25) is 0 Å². The van der Waals surface area contributed by atoms with Gasteiger partial charge in [-0.25, -0.2) is 8.78 Å². The molecule has 3 fully saturated rings. The molecule has 3 atom stereocenters. The predicted molar refractivity (Wildman–Crippen MR) is 356 cm³/mol. The summed E-state index contributed by atoms with van der Waals surface area (Å²) in [7, 11) is 0. The Balaban J connectivity index is 0.000000148. The molecule has 0 radical (unpaired) electrons. The van der Waals surface area contributed by atoms with E-state index < -0.39 is 43.4 Å². The Kier molecular flexibility index (Phi) is 23.2. The molecule has 6 aliphatic heterocycles. The zero-order chi connectivity index (χ0) is 68.4. The zero-order valence-electron chi connectivity index (χ0n) is 55.4. The normalized spacial score (nSPS) is 20.0. The number of halogens is 9. The molecular weight excluding hydrogens is 1260 g/mol. The number of aromatic hydroxyl groups is 2. The number of benzene rings is 6. The number of H-pyrrole nitrogens is 1. The van der Waals surface area contributed by atoms with Crippen molar-refractivity contribution in [3.63, 3.8) is 0 Å². The second kappa shape index (κ2) is 31.7. The molecule has 0 amide bonds. The lowest BCUT2D eigenvalue weighted by Gasteiger charge is -2.39. The van der Waals surface area contributed by atoms with E-state index in [1.165, 1.54) is 28.2 Å². The number of aromatic nitrogens is 2. The van der Waals surface area contributed by atoms with Crippen molar-refractivity contribution in [3.05, 3.63) is 190 Å². The van der Waals surface area contributed by atoms with Crippen LogP contribution in [0.1, 0.15) is 102 Å². The van der Waals surface area contributed by atoms with Gasteiger partial charge in [0, 0.05) is 97.6 Å². The maximum Gasteiger partial charge on any atom is 0.401 e. The monoisotopic (exact) mass is 1350 g/mol. The largest absolute Gasteiger partial charge is 0.508 e. The van der Waals surface area contributed by atoms with E-state index in [2.05, 4.69) is 50.9 Å². The molecule has 522 valence electrons. The lowest BCUT2D eigenvalue weighted by atomic mass is 9.86. The molecule has 22 heteroatoms. The number of aromatic amines is 1. The maximum atomic E-state index is 14.1. The standard InChI is InChI=1S/C27H31F3N4O.2C24H29F3N2O2/c1-27(29,30)18-34-11-9-21-14-22(25-8-10-31-32-25)4-7-24(21)26(34)20-2-5-23(6-3-20)35-13-12-33-16-19(15-28)17-33;2*1-2-17-14-28(15-17)11-12-31-21-6-3-18(4-7-21)23-22-8-5-20(30)13-19(22)9-10-29(23)16-24(25,26)27/h2-8,10,14,19,26H,9,11-13,15-18H2,1H3,(H,31,32);2*3-8,13,17,23,30H,2,9-12,14-16H2,1H3/t26-;2*23-/m110/s1. The van der Waals surface area contributed by atoms with Crippen LogP contribution in [0.3, 0.4) is 0 Å². The van der Waals surface area contributed by atoms with E-state index >= 15 is 0 Å². The van der Waals surface area contributed by atoms with Crippen LogP contribution >= 0.6 is 0 Å². The Morgan fingerprint density at radius 3 is 1.16 bits per heavy atom. The first-order chi connectivity index (χ1) is 46.5. The van der Waals surface area contributed by atoms with E-state index in [1.807, 2.05) is 89.8 Å². The van der Waals surface area contributed by atoms with E-state index in [4.69, 9.17) is 14.2 Å². The van der Waals surface area contributed by atoms with Gasteiger partial charge in [0.05, 0.1) is 50.1 Å². The Hall–Kier alpha value is -7.34. The molecule has 6 aromatic carbocycles. The number of nitrogens with zero attached hydrogens (tertiary/aromatic N) is 7. The van der Waals surface area contributed by atoms with Crippen molar-refractivity contribution in [3.8, 4) is 40.0 Å². The Bertz CT molecular complexity index is 3470. The van der Waals surface area contributed by atoms with E-state index in [9.17, 15) is 49.7 Å². The number of hydrogen-bond acceptors (Lipinski definition) is 12. The molecule has 13 nitrogen and oxygen atoms in total. The van der Waals surface area contributed by atoms with Crippen LogP contribution in [0.25, 0.3) is 11.3 Å². The third kappa shape index (κ3) is 19.1. The van der Waals surface area contributed by atoms with Crippen LogP contribution in [0, 0.1) is 17.8 Å². The lowest BCUT2D eigenvalue weighted by Crippen LogP contribution is -2.49. The van der Waals surface area contributed by atoms with E-state index in [0.29, 0.717) is 45.6 Å². The molecule has 0 bridgehead atoms. The highest BCUT2D eigenvalue weighted by molar-refractivity contribution is 5.62. The zero-order valence-corrected chi connectivity index (χ0v) is 55.4. The molecule has 7 heterocycles. The molecule has 1 aromatic heterocycles. The molecule has 7 aromatic rings. The highest BCUT2D eigenvalue weighted by Gasteiger charge is 2.40. The van der Waals surface area contributed by atoms with Gasteiger partial charge >= 0.3 is 12.4 Å². The highest BCUT2D eigenvalue weighted by atomic mass is 19.4. The summed E-state index contributed by atoms with van der Waals surface area (Å²) >= 11 is 0. The first-order valence-electron chi connectivity index (χ1n) is 33.9. The van der Waals surface area contributed by atoms with Crippen LogP contribution in [0.5, 0.6) is 28.7 Å². The van der Waals surface area contributed by atoms with Crippen molar-refractivity contribution >= 4 is 0 Å². The van der Waals surface area contributed by atoms with Gasteiger partial charge in [-0.1, -0.05) is 87.4 Å². The van der Waals surface area contributed by atoms with Crippen molar-refractivity contribution in [2.75, 3.05) is 125 Å². The van der Waals surface area contributed by atoms with Gasteiger partial charge in [0.1, 0.15) is 48.6 Å². The van der Waals surface area contributed by atoms with Crippen molar-refractivity contribution in [1.29, 1.82) is 0 Å². The van der Waals surface area contributed by atoms with Gasteiger partial charge in [0.15, 0.2) is 0 Å². The molecule has 0 aliphatic carbocycles. The van der Waals surface area contributed by atoms with E-state index in [0.717, 1.165) is 151 Å². The fourth-order valence-electron chi connectivity index (χ4n) is 14.4. The molecule has 6 aliphatic rings. The SMILES string of the molecule is CC(F)(F)CN1CCc2cc(-c3ccn[nH]3)ccc2[C@H]1c1ccc(OCCN2CC(CF)C2)cc1.CCC1CN(CCOc2ccc([C@@H]3c4ccc(O)cc4CCN3CC(F)(F)F)cc2)C1.CCC1CN(CCOc2ccc([C@H]3c4ccc(O)cc4CCN3CC(F)(F)F)cc2)C1. The van der Waals surface area contributed by atoms with Gasteiger partial charge < -0.3 is 24.4 Å². The minimum Gasteiger partial charge on any atom is -0.508 e. The molecule has 97 heavy (non-hydrogen) atoms. The number of phenols is 2. The van der Waals surface area contributed by atoms with Gasteiger partial charge in [-0.2, -0.15) is 31.4 Å². The van der Waals surface area contributed by atoms with Crippen LogP contribution in [0.15, 0.2) is 140 Å². The fourth-order valence-corrected chi connectivity index (χ4v) is 14.4. The van der Waals surface area contributed by atoms with Crippen molar-refractivity contribution in [2.45, 2.75) is 89.3 Å². The summed E-state index contributed by atoms with van der Waals surface area (Å²) in [6.45, 7) is 14.4. The molecule has 13 rings (SSSR count). The number of fused-ring (bicyclic) bond motifs is 3. The number of ether oxygens (including phenoxy) is 3. The molecule has 3 N–H and O–H groups in total. The smallest absolute Gasteiger partial charge is 0.401 e. The third-order valence-corrected chi connectivity index (χ3v) is 19.5. The van der Waals surface area contributed by atoms with Crippen LogP contribution in [-0.2, 0) is 19.3 Å². The molecule has 0 saturated carbocycles. The van der Waals surface area contributed by atoms with Crippen molar-refractivity contribution < 1.29 is 63.9 Å². The highest BCUT2D eigenvalue weighted by Crippen LogP contribution is 2.43. The second-order valence-electron chi connectivity index (χ2n) is 26.9. The van der Waals surface area contributed by atoms with Crippen molar-refractivity contribution in [1.82, 2.24) is 39.6 Å². The quantitative estimate of drug-likeness (QED) is 0.0530. The Labute approximate surface area is 562 Å². The van der Waals surface area contributed by atoms with Gasteiger partial charge in [-0.05, 0) is 160 Å². The lowest BCUT2D eigenvalue weighted by molar-refractivity contribution is -0.151. The fraction of sp³-hybridized carbons (Fsp3) is 0.480. The Morgan fingerprint density at radius 2 is 0.825 bits per heavy atom. The van der Waals surface area contributed by atoms with Crippen LogP contribution in [0.2, 0.25) is 0 Å². The van der Waals surface area contributed by atoms with E-state index in [1.54, 1.807) is 42.6 Å². The summed E-state index contributed by atoms with van der Waals surface area (Å²) in [4.78, 5) is 11.7. The maximum absolute atomic E-state index is 14.1. The Morgan fingerprint density at radius 1 is 0.464 bits per heavy atom. The predicted octanol–water partition coefficient (Wildman–Crippen LogP) is 14.2. The summed E-state index contributed by atoms with van der Waals surface area (Å²) in [6.07, 6.45) is -2.73. The molecular formula is C75H89F9N8O5. The topological polar surface area (TPSA) is 116 Å². The molecule has 3 saturated heterocycles. The molecule has 0 spiro atoms. The number of alkyl halides is 9. The third-order valence-electron chi connectivity index (χ3n) is 19.5. The minimum absolute atomic E-state index is 0.137. The van der Waals surface area contributed by atoms with Gasteiger partial charge in [0.25, 0.3) is 5.92 Å². The second-order valence-corrected chi connectivity index (χ2v) is 26.9. The van der Waals surface area contributed by atoms with Gasteiger partial charge in [-0.15, -0.1) is 0 Å². The summed E-state index contributed by atoms with van der Waals surface area (Å²) in [6, 6.07) is 39.2. The van der Waals surface area contributed by atoms with E-state index in [-0.39, 0.29) is 49.8 Å². The minimum atomic E-state index is -4.27. The summed E-state index contributed by atoms with van der Waals surface area (Å²) < 4.78 is 138. The number of nitrogens with one attached hydrogen (secondary N) is 1. The number of hydrogen-bond donors (Lipinski definition) is 3. The number of likely N-dealkylation sites (tertiary alicyclic amines) is 3. The van der Waals surface area contributed by atoms with Crippen LogP contribution < -0.4 is 14.2 Å². The average molecular weight is 1350 g/mol.